The van der Waals surface area contributed by atoms with Crippen LogP contribution < -0.4 is 4.74 Å². The molecule has 1 atom stereocenters. The van der Waals surface area contributed by atoms with Crippen LogP contribution in [-0.4, -0.2) is 7.11 Å². The Morgan fingerprint density at radius 3 is 2.58 bits per heavy atom. The highest BCUT2D eigenvalue weighted by Crippen LogP contribution is 2.36. The molecule has 0 aliphatic carbocycles. The minimum absolute atomic E-state index is 0.107. The molecule has 0 aliphatic heterocycles. The number of hydrogen-bond donors (Lipinski definition) is 0. The summed E-state index contributed by atoms with van der Waals surface area (Å²) in [6.45, 7) is 2.06. The van der Waals surface area contributed by atoms with Gasteiger partial charge in [0.15, 0.2) is 0 Å². The third kappa shape index (κ3) is 3.16. The Labute approximate surface area is 121 Å². The van der Waals surface area contributed by atoms with Crippen LogP contribution in [0.1, 0.15) is 21.5 Å². The van der Waals surface area contributed by atoms with Gasteiger partial charge in [-0.25, -0.2) is 4.39 Å². The van der Waals surface area contributed by atoms with E-state index < -0.39 is 0 Å². The molecule has 0 saturated heterocycles. The standard InChI is InChI=1S/C16H16BrFO/c1-11-6-3-4-7-12(11)10-13(17)16-14(18)8-5-9-15(16)19-2/h3-9,13H,10H2,1-2H3. The molecule has 2 aromatic carbocycles. The quantitative estimate of drug-likeness (QED) is 0.733. The van der Waals surface area contributed by atoms with E-state index in [-0.39, 0.29) is 10.6 Å². The van der Waals surface area contributed by atoms with E-state index in [4.69, 9.17) is 4.74 Å². The van der Waals surface area contributed by atoms with Gasteiger partial charge >= 0.3 is 0 Å². The number of halogens is 2. The van der Waals surface area contributed by atoms with Crippen molar-refractivity contribution < 1.29 is 9.13 Å². The van der Waals surface area contributed by atoms with Gasteiger partial charge in [0.2, 0.25) is 0 Å². The molecule has 0 amide bonds. The van der Waals surface area contributed by atoms with Crippen LogP contribution in [0.25, 0.3) is 0 Å². The molecule has 0 saturated carbocycles. The Balaban J connectivity index is 2.30. The van der Waals surface area contributed by atoms with Crippen molar-refractivity contribution in [1.82, 2.24) is 0 Å². The molecule has 0 N–H and O–H groups in total. The number of methoxy groups -OCH3 is 1. The Kier molecular flexibility index (Phi) is 4.59. The van der Waals surface area contributed by atoms with Crippen LogP contribution in [-0.2, 0) is 6.42 Å². The van der Waals surface area contributed by atoms with Crippen LogP contribution in [0.5, 0.6) is 5.75 Å². The summed E-state index contributed by atoms with van der Waals surface area (Å²) in [5.41, 5.74) is 2.99. The summed E-state index contributed by atoms with van der Waals surface area (Å²) in [7, 11) is 1.56. The molecule has 1 unspecified atom stereocenters. The van der Waals surface area contributed by atoms with Gasteiger partial charge in [-0.05, 0) is 36.6 Å². The first kappa shape index (κ1) is 14.1. The van der Waals surface area contributed by atoms with Crippen LogP contribution >= 0.6 is 15.9 Å². The number of rotatable bonds is 4. The summed E-state index contributed by atoms with van der Waals surface area (Å²) in [5, 5.41) is 0. The molecule has 0 radical (unpaired) electrons. The van der Waals surface area contributed by atoms with E-state index in [1.54, 1.807) is 19.2 Å². The molecule has 0 fully saturated rings. The lowest BCUT2D eigenvalue weighted by Gasteiger charge is -2.16. The van der Waals surface area contributed by atoms with E-state index in [2.05, 4.69) is 35.0 Å². The van der Waals surface area contributed by atoms with Crippen molar-refractivity contribution >= 4 is 15.9 Å². The molecule has 1 nitrogen and oxygen atoms in total. The molecule has 2 aromatic rings. The SMILES string of the molecule is COc1cccc(F)c1C(Br)Cc1ccccc1C. The van der Waals surface area contributed by atoms with Crippen molar-refractivity contribution in [3.63, 3.8) is 0 Å². The average molecular weight is 323 g/mol. The maximum atomic E-state index is 14.0. The fourth-order valence-electron chi connectivity index (χ4n) is 2.13. The van der Waals surface area contributed by atoms with Crippen molar-refractivity contribution in [2.75, 3.05) is 7.11 Å². The van der Waals surface area contributed by atoms with Gasteiger partial charge in [0, 0.05) is 5.56 Å². The van der Waals surface area contributed by atoms with Crippen molar-refractivity contribution in [3.8, 4) is 5.75 Å². The first-order valence-electron chi connectivity index (χ1n) is 6.14. The summed E-state index contributed by atoms with van der Waals surface area (Å²) >= 11 is 3.58. The zero-order chi connectivity index (χ0) is 13.8. The van der Waals surface area contributed by atoms with Gasteiger partial charge in [0.05, 0.1) is 11.9 Å². The zero-order valence-electron chi connectivity index (χ0n) is 11.0. The van der Waals surface area contributed by atoms with Gasteiger partial charge in [0.1, 0.15) is 11.6 Å². The van der Waals surface area contributed by atoms with Gasteiger partial charge in [-0.15, -0.1) is 0 Å². The van der Waals surface area contributed by atoms with Gasteiger partial charge in [-0.3, -0.25) is 0 Å². The predicted octanol–water partition coefficient (Wildman–Crippen LogP) is 4.82. The highest BCUT2D eigenvalue weighted by atomic mass is 79.9. The molecule has 0 spiro atoms. The van der Waals surface area contributed by atoms with Crippen LogP contribution in [0, 0.1) is 12.7 Å². The maximum absolute atomic E-state index is 14.0. The highest BCUT2D eigenvalue weighted by Gasteiger charge is 2.18. The minimum atomic E-state index is -0.241. The van der Waals surface area contributed by atoms with E-state index in [1.807, 2.05) is 12.1 Å². The second kappa shape index (κ2) is 6.20. The molecule has 0 aromatic heterocycles. The molecular formula is C16H16BrFO. The Morgan fingerprint density at radius 2 is 1.89 bits per heavy atom. The van der Waals surface area contributed by atoms with Crippen molar-refractivity contribution in [2.24, 2.45) is 0 Å². The molecule has 100 valence electrons. The third-order valence-corrected chi connectivity index (χ3v) is 3.99. The topological polar surface area (TPSA) is 9.23 Å². The lowest BCUT2D eigenvalue weighted by Crippen LogP contribution is -2.03. The van der Waals surface area contributed by atoms with E-state index in [0.29, 0.717) is 11.3 Å². The number of ether oxygens (including phenoxy) is 1. The number of aryl methyl sites for hydroxylation is 1. The van der Waals surface area contributed by atoms with Crippen LogP contribution in [0.2, 0.25) is 0 Å². The fraction of sp³-hybridized carbons (Fsp3) is 0.250. The largest absolute Gasteiger partial charge is 0.496 e. The minimum Gasteiger partial charge on any atom is -0.496 e. The Hall–Kier alpha value is -1.35. The van der Waals surface area contributed by atoms with E-state index in [9.17, 15) is 4.39 Å². The zero-order valence-corrected chi connectivity index (χ0v) is 12.6. The first-order valence-corrected chi connectivity index (χ1v) is 7.06. The monoisotopic (exact) mass is 322 g/mol. The Morgan fingerprint density at radius 1 is 1.16 bits per heavy atom. The van der Waals surface area contributed by atoms with Gasteiger partial charge < -0.3 is 4.74 Å². The smallest absolute Gasteiger partial charge is 0.131 e. The summed E-state index contributed by atoms with van der Waals surface area (Å²) in [5.74, 6) is 0.338. The van der Waals surface area contributed by atoms with Crippen LogP contribution in [0.15, 0.2) is 42.5 Å². The summed E-state index contributed by atoms with van der Waals surface area (Å²) < 4.78 is 19.2. The number of benzene rings is 2. The molecule has 0 bridgehead atoms. The summed E-state index contributed by atoms with van der Waals surface area (Å²) in [6.07, 6.45) is 0.726. The van der Waals surface area contributed by atoms with Gasteiger partial charge in [-0.2, -0.15) is 0 Å². The van der Waals surface area contributed by atoms with Crippen molar-refractivity contribution in [2.45, 2.75) is 18.2 Å². The summed E-state index contributed by atoms with van der Waals surface area (Å²) in [6, 6.07) is 13.0. The lowest BCUT2D eigenvalue weighted by molar-refractivity contribution is 0.404. The van der Waals surface area contributed by atoms with Gasteiger partial charge in [-0.1, -0.05) is 46.3 Å². The van der Waals surface area contributed by atoms with Crippen molar-refractivity contribution in [3.05, 3.63) is 65.0 Å². The molecule has 19 heavy (non-hydrogen) atoms. The summed E-state index contributed by atoms with van der Waals surface area (Å²) in [4.78, 5) is -0.107. The lowest BCUT2D eigenvalue weighted by atomic mass is 9.99. The molecular weight excluding hydrogens is 307 g/mol. The van der Waals surface area contributed by atoms with Crippen LogP contribution in [0.3, 0.4) is 0 Å². The fourth-order valence-corrected chi connectivity index (χ4v) is 2.93. The first-order chi connectivity index (χ1) is 9.13. The van der Waals surface area contributed by atoms with Crippen molar-refractivity contribution in [1.29, 1.82) is 0 Å². The number of alkyl halides is 1. The molecule has 2 rings (SSSR count). The molecule has 0 heterocycles. The van der Waals surface area contributed by atoms with E-state index in [1.165, 1.54) is 17.2 Å². The highest BCUT2D eigenvalue weighted by molar-refractivity contribution is 9.09. The normalized spacial score (nSPS) is 12.2. The second-order valence-corrected chi connectivity index (χ2v) is 5.56. The second-order valence-electron chi connectivity index (χ2n) is 4.45. The molecule has 0 aliphatic rings. The van der Waals surface area contributed by atoms with E-state index >= 15 is 0 Å². The van der Waals surface area contributed by atoms with Crippen LogP contribution in [0.4, 0.5) is 4.39 Å². The third-order valence-electron chi connectivity index (χ3n) is 3.21. The number of hydrogen-bond acceptors (Lipinski definition) is 1. The van der Waals surface area contributed by atoms with E-state index in [0.717, 1.165) is 6.42 Å². The average Bonchev–Trinajstić information content (AvgIpc) is 2.40. The molecule has 3 heteroatoms. The Bertz CT molecular complexity index is 568. The van der Waals surface area contributed by atoms with Gasteiger partial charge in [0.25, 0.3) is 0 Å². The predicted molar refractivity (Wildman–Crippen MR) is 79.5 cm³/mol. The maximum Gasteiger partial charge on any atom is 0.131 e.